The first kappa shape index (κ1) is 28.8. The van der Waals surface area contributed by atoms with Gasteiger partial charge in [-0.3, -0.25) is 5.32 Å². The van der Waals surface area contributed by atoms with Crippen molar-refractivity contribution < 1.29 is 19.5 Å². The Bertz CT molecular complexity index is 1210. The van der Waals surface area contributed by atoms with E-state index in [4.69, 9.17) is 4.74 Å². The predicted molar refractivity (Wildman–Crippen MR) is 159 cm³/mol. The van der Waals surface area contributed by atoms with Crippen LogP contribution in [0.1, 0.15) is 29.5 Å². The monoisotopic (exact) mass is 558 g/mol. The molecular formula is C31H34N4O4S. The van der Waals surface area contributed by atoms with Gasteiger partial charge in [0.05, 0.1) is 4.75 Å². The standard InChI is InChI=1S/C31H34N4O4S/c1-3-19-39-30(37)35-22-27(20-26(35)21-28(34-38)33-29(36)32-2)40-31(23-13-7-4-8-14-23,24-15-9-5-10-16-24)25-17-11-6-12-18-25/h3-18,26-27,38H,1,19-22H2,2H3,(H2,32,33,34,36)/t26-,27-/m0/s1. The van der Waals surface area contributed by atoms with Gasteiger partial charge in [0.15, 0.2) is 5.84 Å². The second-order valence-electron chi connectivity index (χ2n) is 9.38. The van der Waals surface area contributed by atoms with Crippen LogP contribution < -0.4 is 10.6 Å². The number of amides is 3. The van der Waals surface area contributed by atoms with E-state index in [9.17, 15) is 14.8 Å². The topological polar surface area (TPSA) is 103 Å². The maximum absolute atomic E-state index is 13.1. The van der Waals surface area contributed by atoms with Crippen LogP contribution in [0.5, 0.6) is 0 Å². The zero-order valence-corrected chi connectivity index (χ0v) is 23.2. The molecule has 1 aliphatic heterocycles. The minimum Gasteiger partial charge on any atom is -0.445 e. The number of oxime groups is 1. The smallest absolute Gasteiger partial charge is 0.410 e. The van der Waals surface area contributed by atoms with Crippen LogP contribution >= 0.6 is 11.8 Å². The zero-order chi connectivity index (χ0) is 28.4. The van der Waals surface area contributed by atoms with Crippen molar-refractivity contribution in [2.45, 2.75) is 28.9 Å². The highest BCUT2D eigenvalue weighted by molar-refractivity contribution is 8.01. The molecule has 40 heavy (non-hydrogen) atoms. The van der Waals surface area contributed by atoms with E-state index in [0.717, 1.165) is 16.7 Å². The number of benzene rings is 3. The Morgan fingerprint density at radius 3 is 2.00 bits per heavy atom. The highest BCUT2D eigenvalue weighted by Crippen LogP contribution is 2.52. The number of hydrogen-bond donors (Lipinski definition) is 3. The Hall–Kier alpha value is -4.24. The molecule has 0 aliphatic carbocycles. The number of ether oxygens (including phenoxy) is 1. The Balaban J connectivity index is 1.74. The first-order valence-electron chi connectivity index (χ1n) is 13.1. The van der Waals surface area contributed by atoms with E-state index >= 15 is 0 Å². The number of carbonyl (C=O) groups is 2. The molecule has 0 radical (unpaired) electrons. The van der Waals surface area contributed by atoms with Gasteiger partial charge in [-0.15, -0.1) is 11.8 Å². The Morgan fingerprint density at radius 2 is 1.55 bits per heavy atom. The molecule has 3 aromatic rings. The van der Waals surface area contributed by atoms with Gasteiger partial charge in [-0.05, 0) is 23.1 Å². The second-order valence-corrected chi connectivity index (χ2v) is 10.9. The maximum Gasteiger partial charge on any atom is 0.410 e. The van der Waals surface area contributed by atoms with Gasteiger partial charge >= 0.3 is 12.1 Å². The van der Waals surface area contributed by atoms with Gasteiger partial charge in [-0.1, -0.05) is 109 Å². The molecule has 208 valence electrons. The van der Waals surface area contributed by atoms with Gasteiger partial charge in [0, 0.05) is 31.3 Å². The molecule has 1 aliphatic rings. The molecule has 0 bridgehead atoms. The van der Waals surface area contributed by atoms with Crippen molar-refractivity contribution in [3.8, 4) is 0 Å². The van der Waals surface area contributed by atoms with Crippen molar-refractivity contribution in [1.82, 2.24) is 15.5 Å². The number of likely N-dealkylation sites (tertiary alicyclic amines) is 1. The number of amidine groups is 1. The van der Waals surface area contributed by atoms with E-state index in [1.165, 1.54) is 13.1 Å². The number of carbonyl (C=O) groups excluding carboxylic acids is 2. The minimum atomic E-state index is -0.561. The van der Waals surface area contributed by atoms with Crippen molar-refractivity contribution >= 4 is 29.7 Å². The van der Waals surface area contributed by atoms with E-state index in [2.05, 4.69) is 58.8 Å². The van der Waals surface area contributed by atoms with Gasteiger partial charge < -0.3 is 20.2 Å². The molecule has 1 saturated heterocycles. The van der Waals surface area contributed by atoms with Crippen LogP contribution in [0.2, 0.25) is 0 Å². The fraction of sp³-hybridized carbons (Fsp3) is 0.258. The molecule has 0 aromatic heterocycles. The third-order valence-electron chi connectivity index (χ3n) is 6.85. The first-order valence-corrected chi connectivity index (χ1v) is 14.0. The summed E-state index contributed by atoms with van der Waals surface area (Å²) in [4.78, 5) is 26.7. The van der Waals surface area contributed by atoms with Gasteiger partial charge in [0.2, 0.25) is 0 Å². The third-order valence-corrected chi connectivity index (χ3v) is 8.59. The van der Waals surface area contributed by atoms with E-state index < -0.39 is 16.9 Å². The van der Waals surface area contributed by atoms with E-state index in [0.29, 0.717) is 13.0 Å². The van der Waals surface area contributed by atoms with Gasteiger partial charge in [-0.25, -0.2) is 9.59 Å². The lowest BCUT2D eigenvalue weighted by Crippen LogP contribution is -2.43. The fourth-order valence-electron chi connectivity index (χ4n) is 5.10. The summed E-state index contributed by atoms with van der Waals surface area (Å²) in [7, 11) is 1.47. The van der Waals surface area contributed by atoms with Crippen LogP contribution in [-0.2, 0) is 9.48 Å². The van der Waals surface area contributed by atoms with Gasteiger partial charge in [0.1, 0.15) is 6.61 Å². The second kappa shape index (κ2) is 13.7. The average molecular weight is 559 g/mol. The van der Waals surface area contributed by atoms with Crippen LogP contribution in [0, 0.1) is 0 Å². The van der Waals surface area contributed by atoms with Gasteiger partial charge in [-0.2, -0.15) is 0 Å². The number of hydrogen-bond acceptors (Lipinski definition) is 6. The van der Waals surface area contributed by atoms with E-state index in [1.54, 1.807) is 16.7 Å². The highest BCUT2D eigenvalue weighted by atomic mass is 32.2. The van der Waals surface area contributed by atoms with Crippen molar-refractivity contribution in [2.75, 3.05) is 20.2 Å². The summed E-state index contributed by atoms with van der Waals surface area (Å²) in [5.41, 5.74) is 3.38. The lowest BCUT2D eigenvalue weighted by molar-refractivity contribution is 0.109. The van der Waals surface area contributed by atoms with E-state index in [-0.39, 0.29) is 30.2 Å². The Morgan fingerprint density at radius 1 is 1.02 bits per heavy atom. The molecule has 0 spiro atoms. The molecule has 3 amide bonds. The van der Waals surface area contributed by atoms with Crippen molar-refractivity contribution in [1.29, 1.82) is 0 Å². The summed E-state index contributed by atoms with van der Waals surface area (Å²) in [6.07, 6.45) is 1.79. The zero-order valence-electron chi connectivity index (χ0n) is 22.4. The molecule has 0 saturated carbocycles. The largest absolute Gasteiger partial charge is 0.445 e. The molecule has 2 atom stereocenters. The van der Waals surface area contributed by atoms with Crippen LogP contribution in [0.4, 0.5) is 9.59 Å². The summed E-state index contributed by atoms with van der Waals surface area (Å²) < 4.78 is 4.85. The molecule has 0 unspecified atom stereocenters. The van der Waals surface area contributed by atoms with Crippen molar-refractivity contribution in [3.05, 3.63) is 120 Å². The lowest BCUT2D eigenvalue weighted by atomic mass is 9.84. The van der Waals surface area contributed by atoms with Crippen LogP contribution in [-0.4, -0.2) is 59.6 Å². The predicted octanol–water partition coefficient (Wildman–Crippen LogP) is 5.58. The Kier molecular flexibility index (Phi) is 9.86. The maximum atomic E-state index is 13.1. The molecule has 3 N–H and O–H groups in total. The lowest BCUT2D eigenvalue weighted by Gasteiger charge is -2.37. The quantitative estimate of drug-likeness (QED) is 0.0794. The SMILES string of the molecule is C=CCOC(=O)N1C[C@@H](SC(c2ccccc2)(c2ccccc2)c2ccccc2)C[C@H]1C/C(=N/O)NC(=O)NC. The summed E-state index contributed by atoms with van der Waals surface area (Å²) in [5, 5.41) is 17.8. The highest BCUT2D eigenvalue weighted by Gasteiger charge is 2.44. The van der Waals surface area contributed by atoms with Crippen LogP contribution in [0.25, 0.3) is 0 Å². The summed E-state index contributed by atoms with van der Waals surface area (Å²) >= 11 is 1.79. The normalized spacial score (nSPS) is 17.2. The van der Waals surface area contributed by atoms with E-state index in [1.807, 2.05) is 54.6 Å². The molecular weight excluding hydrogens is 524 g/mol. The number of thioether (sulfide) groups is 1. The van der Waals surface area contributed by atoms with Crippen molar-refractivity contribution in [3.63, 3.8) is 0 Å². The molecule has 9 heteroatoms. The summed E-state index contributed by atoms with van der Waals surface area (Å²) in [5.74, 6) is 0.0666. The number of nitrogens with one attached hydrogen (secondary N) is 2. The van der Waals surface area contributed by atoms with Crippen LogP contribution in [0.3, 0.4) is 0 Å². The molecule has 4 rings (SSSR count). The van der Waals surface area contributed by atoms with Crippen LogP contribution in [0.15, 0.2) is 109 Å². The number of rotatable bonds is 9. The first-order chi connectivity index (χ1) is 19.5. The van der Waals surface area contributed by atoms with Gasteiger partial charge in [0.25, 0.3) is 0 Å². The molecule has 8 nitrogen and oxygen atoms in total. The fourth-order valence-corrected chi connectivity index (χ4v) is 6.97. The average Bonchev–Trinajstić information content (AvgIpc) is 3.41. The molecule has 1 heterocycles. The molecule has 1 fully saturated rings. The molecule has 3 aromatic carbocycles. The summed E-state index contributed by atoms with van der Waals surface area (Å²) in [6.45, 7) is 4.14. The summed E-state index contributed by atoms with van der Waals surface area (Å²) in [6, 6.07) is 30.2. The number of urea groups is 1. The Labute approximate surface area is 239 Å². The third kappa shape index (κ3) is 6.48. The minimum absolute atomic E-state index is 0.0122. The van der Waals surface area contributed by atoms with Crippen molar-refractivity contribution in [2.24, 2.45) is 5.16 Å². The number of nitrogens with zero attached hydrogens (tertiary/aromatic N) is 2.